The van der Waals surface area contributed by atoms with E-state index in [1.807, 2.05) is 12.4 Å². The Hall–Kier alpha value is -1.72. The Balaban J connectivity index is 1.68. The summed E-state index contributed by atoms with van der Waals surface area (Å²) in [5.41, 5.74) is 7.25. The Kier molecular flexibility index (Phi) is 3.57. The maximum Gasteiger partial charge on any atom is 0.147 e. The molecule has 1 aliphatic heterocycles. The van der Waals surface area contributed by atoms with Gasteiger partial charge in [-0.15, -0.1) is 10.2 Å². The number of benzene rings is 1. The molecule has 0 spiro atoms. The molecule has 5 nitrogen and oxygen atoms in total. The summed E-state index contributed by atoms with van der Waals surface area (Å²) >= 11 is 0. The van der Waals surface area contributed by atoms with E-state index >= 15 is 0 Å². The molecule has 5 heteroatoms. The molecule has 3 rings (SSSR count). The topological polar surface area (TPSA) is 60.0 Å². The average Bonchev–Trinajstić information content (AvgIpc) is 2.93. The molecule has 1 aromatic carbocycles. The van der Waals surface area contributed by atoms with Crippen molar-refractivity contribution in [1.29, 1.82) is 0 Å². The molecule has 2 N–H and O–H groups in total. The van der Waals surface area contributed by atoms with Crippen molar-refractivity contribution in [3.05, 3.63) is 48.0 Å². The molecule has 0 fully saturated rings. The lowest BCUT2D eigenvalue weighted by molar-refractivity contribution is 0.205. The fraction of sp³-hybridized carbons (Fsp3) is 0.429. The molecule has 0 bridgehead atoms. The normalized spacial score (nSPS) is 17.1. The average molecular weight is 257 g/mol. The quantitative estimate of drug-likeness (QED) is 0.881. The fourth-order valence-corrected chi connectivity index (χ4v) is 2.63. The number of fused-ring (bicyclic) bond motifs is 1. The minimum absolute atomic E-state index is 0.385. The third kappa shape index (κ3) is 2.67. The maximum absolute atomic E-state index is 5.94. The maximum atomic E-state index is 5.94. The van der Waals surface area contributed by atoms with E-state index in [0.717, 1.165) is 32.0 Å². The summed E-state index contributed by atoms with van der Waals surface area (Å²) in [6, 6.07) is 10.5. The summed E-state index contributed by atoms with van der Waals surface area (Å²) in [5.74, 6) is 1.44. The highest BCUT2D eigenvalue weighted by Gasteiger charge is 2.20. The van der Waals surface area contributed by atoms with Crippen molar-refractivity contribution in [2.45, 2.75) is 19.0 Å². The summed E-state index contributed by atoms with van der Waals surface area (Å²) < 4.78 is 2.12. The van der Waals surface area contributed by atoms with Crippen LogP contribution in [0.4, 0.5) is 0 Å². The smallest absolute Gasteiger partial charge is 0.147 e. The minimum Gasteiger partial charge on any atom is -0.330 e. The van der Waals surface area contributed by atoms with E-state index in [1.165, 1.54) is 5.56 Å². The third-order valence-electron chi connectivity index (χ3n) is 3.75. The second-order valence-electron chi connectivity index (χ2n) is 5.02. The van der Waals surface area contributed by atoms with Crippen LogP contribution in [0.5, 0.6) is 0 Å². The van der Waals surface area contributed by atoms with Crippen LogP contribution in [0.25, 0.3) is 0 Å². The summed E-state index contributed by atoms with van der Waals surface area (Å²) in [5, 5.41) is 8.11. The van der Waals surface area contributed by atoms with Crippen LogP contribution in [0.3, 0.4) is 0 Å². The van der Waals surface area contributed by atoms with Gasteiger partial charge in [0.15, 0.2) is 0 Å². The van der Waals surface area contributed by atoms with Crippen LogP contribution in [-0.2, 0) is 13.1 Å². The molecule has 1 atom stereocenters. The SMILES string of the molecule is NCC(CN1CCn2cnnc2C1)c1ccccc1. The van der Waals surface area contributed by atoms with Gasteiger partial charge in [0.1, 0.15) is 12.2 Å². The van der Waals surface area contributed by atoms with Crippen molar-refractivity contribution >= 4 is 0 Å². The first kappa shape index (κ1) is 12.3. The van der Waals surface area contributed by atoms with Gasteiger partial charge in [0.2, 0.25) is 0 Å². The number of rotatable bonds is 4. The highest BCUT2D eigenvalue weighted by Crippen LogP contribution is 2.18. The Labute approximate surface area is 113 Å². The van der Waals surface area contributed by atoms with Crippen LogP contribution in [0.1, 0.15) is 17.3 Å². The van der Waals surface area contributed by atoms with E-state index in [-0.39, 0.29) is 0 Å². The van der Waals surface area contributed by atoms with E-state index in [1.54, 1.807) is 0 Å². The molecule has 1 unspecified atom stereocenters. The first-order valence-corrected chi connectivity index (χ1v) is 6.71. The van der Waals surface area contributed by atoms with Crippen LogP contribution in [0, 0.1) is 0 Å². The fourth-order valence-electron chi connectivity index (χ4n) is 2.63. The molecule has 0 saturated carbocycles. The largest absolute Gasteiger partial charge is 0.330 e. The van der Waals surface area contributed by atoms with E-state index in [2.05, 4.69) is 43.9 Å². The van der Waals surface area contributed by atoms with Gasteiger partial charge in [0.25, 0.3) is 0 Å². The predicted molar refractivity (Wildman–Crippen MR) is 73.5 cm³/mol. The zero-order chi connectivity index (χ0) is 13.1. The number of nitrogens with zero attached hydrogens (tertiary/aromatic N) is 4. The Morgan fingerprint density at radius 2 is 2.05 bits per heavy atom. The van der Waals surface area contributed by atoms with Gasteiger partial charge in [-0.3, -0.25) is 4.90 Å². The highest BCUT2D eigenvalue weighted by molar-refractivity contribution is 5.20. The molecule has 0 radical (unpaired) electrons. The summed E-state index contributed by atoms with van der Waals surface area (Å²) in [6.45, 7) is 4.52. The zero-order valence-corrected chi connectivity index (χ0v) is 10.9. The second-order valence-corrected chi connectivity index (χ2v) is 5.02. The van der Waals surface area contributed by atoms with Gasteiger partial charge in [0, 0.05) is 32.1 Å². The molecular formula is C14H19N5. The first-order valence-electron chi connectivity index (χ1n) is 6.71. The van der Waals surface area contributed by atoms with Crippen molar-refractivity contribution in [2.24, 2.45) is 5.73 Å². The number of hydrogen-bond donors (Lipinski definition) is 1. The van der Waals surface area contributed by atoms with E-state index in [0.29, 0.717) is 12.5 Å². The first-order chi connectivity index (χ1) is 9.36. The van der Waals surface area contributed by atoms with Crippen LogP contribution in [0.2, 0.25) is 0 Å². The van der Waals surface area contributed by atoms with Crippen LogP contribution < -0.4 is 5.73 Å². The van der Waals surface area contributed by atoms with Crippen molar-refractivity contribution < 1.29 is 0 Å². The van der Waals surface area contributed by atoms with Gasteiger partial charge >= 0.3 is 0 Å². The molecule has 100 valence electrons. The molecule has 1 aliphatic rings. The summed E-state index contributed by atoms with van der Waals surface area (Å²) in [4.78, 5) is 2.41. The molecule has 0 aliphatic carbocycles. The van der Waals surface area contributed by atoms with Crippen LogP contribution in [-0.4, -0.2) is 39.3 Å². The molecule has 0 saturated heterocycles. The predicted octanol–water partition coefficient (Wildman–Crippen LogP) is 0.836. The van der Waals surface area contributed by atoms with Gasteiger partial charge in [-0.1, -0.05) is 30.3 Å². The van der Waals surface area contributed by atoms with Gasteiger partial charge < -0.3 is 10.3 Å². The van der Waals surface area contributed by atoms with Crippen LogP contribution >= 0.6 is 0 Å². The van der Waals surface area contributed by atoms with E-state index in [9.17, 15) is 0 Å². The molecule has 1 aromatic heterocycles. The van der Waals surface area contributed by atoms with Crippen molar-refractivity contribution in [3.8, 4) is 0 Å². The lowest BCUT2D eigenvalue weighted by atomic mass is 9.98. The van der Waals surface area contributed by atoms with Crippen LogP contribution in [0.15, 0.2) is 36.7 Å². The van der Waals surface area contributed by atoms with Gasteiger partial charge in [-0.25, -0.2) is 0 Å². The molecule has 2 heterocycles. The van der Waals surface area contributed by atoms with Gasteiger partial charge in [-0.2, -0.15) is 0 Å². The van der Waals surface area contributed by atoms with Crippen molar-refractivity contribution in [1.82, 2.24) is 19.7 Å². The zero-order valence-electron chi connectivity index (χ0n) is 10.9. The lowest BCUT2D eigenvalue weighted by Gasteiger charge is -2.30. The molecule has 2 aromatic rings. The number of nitrogens with two attached hydrogens (primary N) is 1. The Bertz CT molecular complexity index is 522. The molecule has 0 amide bonds. The van der Waals surface area contributed by atoms with Gasteiger partial charge in [0.05, 0.1) is 6.54 Å². The van der Waals surface area contributed by atoms with E-state index in [4.69, 9.17) is 5.73 Å². The number of aromatic nitrogens is 3. The third-order valence-corrected chi connectivity index (χ3v) is 3.75. The summed E-state index contributed by atoms with van der Waals surface area (Å²) in [7, 11) is 0. The highest BCUT2D eigenvalue weighted by atomic mass is 15.3. The lowest BCUT2D eigenvalue weighted by Crippen LogP contribution is -2.38. The minimum atomic E-state index is 0.385. The Morgan fingerprint density at radius 1 is 1.21 bits per heavy atom. The second kappa shape index (κ2) is 5.50. The molecule has 19 heavy (non-hydrogen) atoms. The number of hydrogen-bond acceptors (Lipinski definition) is 4. The molecular weight excluding hydrogens is 238 g/mol. The monoisotopic (exact) mass is 257 g/mol. The van der Waals surface area contributed by atoms with E-state index < -0.39 is 0 Å². The van der Waals surface area contributed by atoms with Gasteiger partial charge in [-0.05, 0) is 5.56 Å². The van der Waals surface area contributed by atoms with Crippen molar-refractivity contribution in [3.63, 3.8) is 0 Å². The summed E-state index contributed by atoms with van der Waals surface area (Å²) in [6.07, 6.45) is 1.81. The Morgan fingerprint density at radius 3 is 2.84 bits per heavy atom. The standard InChI is InChI=1S/C14H19N5/c15-8-13(12-4-2-1-3-5-12)9-18-6-7-19-11-16-17-14(19)10-18/h1-5,11,13H,6-10,15H2. The van der Waals surface area contributed by atoms with Crippen molar-refractivity contribution in [2.75, 3.05) is 19.6 Å².